The Morgan fingerprint density at radius 3 is 2.31 bits per heavy atom. The van der Waals surface area contributed by atoms with Crippen molar-refractivity contribution in [1.82, 2.24) is 0 Å². The first-order valence-electron chi connectivity index (χ1n) is 4.64. The Morgan fingerprint density at radius 2 is 1.88 bits per heavy atom. The highest BCUT2D eigenvalue weighted by atomic mass is 79.9. The van der Waals surface area contributed by atoms with Gasteiger partial charge in [0.15, 0.2) is 0 Å². The molecular formula is C11H9BrCl2S2. The molecule has 0 aliphatic carbocycles. The van der Waals surface area contributed by atoms with Crippen molar-refractivity contribution in [2.75, 3.05) is 0 Å². The molecule has 16 heavy (non-hydrogen) atoms. The fourth-order valence-electron chi connectivity index (χ4n) is 1.58. The lowest BCUT2D eigenvalue weighted by Gasteiger charge is -2.07. The van der Waals surface area contributed by atoms with E-state index in [4.69, 9.17) is 23.2 Å². The smallest absolute Gasteiger partial charge is 0.0991 e. The minimum Gasteiger partial charge on any atom is -0.144 e. The van der Waals surface area contributed by atoms with Gasteiger partial charge in [-0.15, -0.1) is 22.7 Å². The van der Waals surface area contributed by atoms with Crippen molar-refractivity contribution in [2.45, 2.75) is 18.7 Å². The van der Waals surface area contributed by atoms with Crippen molar-refractivity contribution >= 4 is 61.8 Å². The summed E-state index contributed by atoms with van der Waals surface area (Å²) in [5.74, 6) is 0. The zero-order valence-corrected chi connectivity index (χ0v) is 13.4. The molecule has 5 heteroatoms. The van der Waals surface area contributed by atoms with E-state index in [1.807, 2.05) is 6.07 Å². The van der Waals surface area contributed by atoms with Gasteiger partial charge in [0.05, 0.1) is 13.5 Å². The number of hydrogen-bond donors (Lipinski definition) is 0. The number of halogens is 3. The summed E-state index contributed by atoms with van der Waals surface area (Å²) in [4.78, 5) is 2.76. The van der Waals surface area contributed by atoms with Crippen LogP contribution in [0.2, 0.25) is 8.67 Å². The highest BCUT2D eigenvalue weighted by molar-refractivity contribution is 9.09. The van der Waals surface area contributed by atoms with Crippen molar-refractivity contribution < 1.29 is 0 Å². The van der Waals surface area contributed by atoms with Gasteiger partial charge in [-0.1, -0.05) is 39.1 Å². The van der Waals surface area contributed by atoms with Gasteiger partial charge in [-0.2, -0.15) is 0 Å². The van der Waals surface area contributed by atoms with Crippen LogP contribution in [-0.2, 0) is 0 Å². The van der Waals surface area contributed by atoms with Crippen LogP contribution in [0.4, 0.5) is 0 Å². The predicted octanol–water partition coefficient (Wildman–Crippen LogP) is 6.22. The van der Waals surface area contributed by atoms with Gasteiger partial charge in [0.1, 0.15) is 0 Å². The van der Waals surface area contributed by atoms with E-state index in [2.05, 4.69) is 35.8 Å². The molecule has 2 heterocycles. The molecule has 0 radical (unpaired) electrons. The summed E-state index contributed by atoms with van der Waals surface area (Å²) in [5, 5.41) is 0. The first kappa shape index (κ1) is 12.9. The molecule has 1 atom stereocenters. The van der Waals surface area contributed by atoms with E-state index in [1.54, 1.807) is 11.3 Å². The molecule has 0 saturated carbocycles. The van der Waals surface area contributed by atoms with Crippen molar-refractivity contribution in [3.8, 4) is 0 Å². The standard InChI is InChI=1S/C11H9BrCl2S2/c1-5-3-6(2)15-10(5)9(12)7-4-8(13)16-11(7)14/h3-4,9H,1-2H3. The molecule has 0 aromatic carbocycles. The van der Waals surface area contributed by atoms with Crippen LogP contribution in [0.1, 0.15) is 25.7 Å². The molecule has 2 rings (SSSR count). The average molecular weight is 356 g/mol. The lowest BCUT2D eigenvalue weighted by Crippen LogP contribution is -1.89. The highest BCUT2D eigenvalue weighted by Gasteiger charge is 2.20. The van der Waals surface area contributed by atoms with E-state index >= 15 is 0 Å². The third-order valence-corrected chi connectivity index (χ3v) is 6.26. The van der Waals surface area contributed by atoms with Gasteiger partial charge in [-0.25, -0.2) is 0 Å². The molecule has 0 spiro atoms. The van der Waals surface area contributed by atoms with E-state index < -0.39 is 0 Å². The lowest BCUT2D eigenvalue weighted by molar-refractivity contribution is 1.21. The third kappa shape index (κ3) is 2.49. The molecule has 0 fully saturated rings. The monoisotopic (exact) mass is 354 g/mol. The zero-order chi connectivity index (χ0) is 11.9. The summed E-state index contributed by atoms with van der Waals surface area (Å²) in [6.45, 7) is 4.23. The second-order valence-corrected chi connectivity index (χ2v) is 8.04. The van der Waals surface area contributed by atoms with E-state index in [-0.39, 0.29) is 4.83 Å². The molecule has 0 aliphatic heterocycles. The van der Waals surface area contributed by atoms with Crippen LogP contribution in [0.15, 0.2) is 12.1 Å². The molecule has 1 unspecified atom stereocenters. The Kier molecular flexibility index (Phi) is 4.02. The van der Waals surface area contributed by atoms with Crippen molar-refractivity contribution in [2.24, 2.45) is 0 Å². The second-order valence-electron chi connectivity index (χ2n) is 3.55. The Bertz CT molecular complexity index is 470. The van der Waals surface area contributed by atoms with Gasteiger partial charge in [0, 0.05) is 15.3 Å². The summed E-state index contributed by atoms with van der Waals surface area (Å²) >= 11 is 19.0. The van der Waals surface area contributed by atoms with Gasteiger partial charge in [0.2, 0.25) is 0 Å². The molecule has 0 saturated heterocycles. The molecule has 0 bridgehead atoms. The summed E-state index contributed by atoms with van der Waals surface area (Å²) in [5.41, 5.74) is 2.35. The number of rotatable bonds is 2. The number of alkyl halides is 1. The minimum absolute atomic E-state index is 0.141. The van der Waals surface area contributed by atoms with E-state index in [0.717, 1.165) is 14.2 Å². The average Bonchev–Trinajstić information content (AvgIpc) is 2.68. The number of thiophene rings is 2. The zero-order valence-electron chi connectivity index (χ0n) is 8.68. The van der Waals surface area contributed by atoms with E-state index in [9.17, 15) is 0 Å². The molecule has 0 amide bonds. The normalized spacial score (nSPS) is 13.1. The SMILES string of the molecule is Cc1cc(C)c(C(Br)c2cc(Cl)sc2Cl)s1. The molecular weight excluding hydrogens is 347 g/mol. The molecule has 0 nitrogen and oxygen atoms in total. The van der Waals surface area contributed by atoms with Gasteiger partial charge < -0.3 is 0 Å². The Balaban J connectivity index is 2.42. The van der Waals surface area contributed by atoms with Gasteiger partial charge in [-0.05, 0) is 31.5 Å². The predicted molar refractivity (Wildman–Crippen MR) is 78.9 cm³/mol. The summed E-state index contributed by atoms with van der Waals surface area (Å²) < 4.78 is 1.49. The number of aryl methyl sites for hydroxylation is 2. The Hall–Kier alpha value is 0.460. The van der Waals surface area contributed by atoms with Crippen LogP contribution in [0.5, 0.6) is 0 Å². The fraction of sp³-hybridized carbons (Fsp3) is 0.273. The fourth-order valence-corrected chi connectivity index (χ4v) is 5.43. The van der Waals surface area contributed by atoms with Crippen LogP contribution >= 0.6 is 61.8 Å². The van der Waals surface area contributed by atoms with Crippen molar-refractivity contribution in [3.63, 3.8) is 0 Å². The maximum absolute atomic E-state index is 6.16. The molecule has 0 aliphatic rings. The highest BCUT2D eigenvalue weighted by Crippen LogP contribution is 2.44. The molecule has 2 aromatic rings. The van der Waals surface area contributed by atoms with Crippen LogP contribution in [0.3, 0.4) is 0 Å². The lowest BCUT2D eigenvalue weighted by atomic mass is 10.1. The number of hydrogen-bond acceptors (Lipinski definition) is 2. The topological polar surface area (TPSA) is 0 Å². The minimum atomic E-state index is 0.141. The summed E-state index contributed by atoms with van der Waals surface area (Å²) in [6.07, 6.45) is 0. The van der Waals surface area contributed by atoms with Crippen LogP contribution in [0, 0.1) is 13.8 Å². The van der Waals surface area contributed by atoms with Gasteiger partial charge in [0.25, 0.3) is 0 Å². The maximum Gasteiger partial charge on any atom is 0.0991 e. The molecule has 0 N–H and O–H groups in total. The Labute approximate surface area is 121 Å². The van der Waals surface area contributed by atoms with Crippen LogP contribution < -0.4 is 0 Å². The van der Waals surface area contributed by atoms with Crippen LogP contribution in [0.25, 0.3) is 0 Å². The van der Waals surface area contributed by atoms with E-state index in [1.165, 1.54) is 26.7 Å². The van der Waals surface area contributed by atoms with Crippen LogP contribution in [-0.4, -0.2) is 0 Å². The summed E-state index contributed by atoms with van der Waals surface area (Å²) in [7, 11) is 0. The quantitative estimate of drug-likeness (QED) is 0.561. The van der Waals surface area contributed by atoms with Crippen molar-refractivity contribution in [1.29, 1.82) is 0 Å². The van der Waals surface area contributed by atoms with E-state index in [0.29, 0.717) is 0 Å². The molecule has 86 valence electrons. The van der Waals surface area contributed by atoms with Gasteiger partial charge >= 0.3 is 0 Å². The first-order valence-corrected chi connectivity index (χ1v) is 7.95. The Morgan fingerprint density at radius 1 is 1.19 bits per heavy atom. The maximum atomic E-state index is 6.16. The second kappa shape index (κ2) is 4.99. The molecule has 2 aromatic heterocycles. The van der Waals surface area contributed by atoms with Gasteiger partial charge in [-0.3, -0.25) is 0 Å². The first-order chi connectivity index (χ1) is 7.49. The largest absolute Gasteiger partial charge is 0.144 e. The third-order valence-electron chi connectivity index (χ3n) is 2.27. The van der Waals surface area contributed by atoms with Crippen molar-refractivity contribution in [3.05, 3.63) is 41.7 Å². The summed E-state index contributed by atoms with van der Waals surface area (Å²) in [6, 6.07) is 4.12.